The fraction of sp³-hybridized carbons (Fsp3) is 0.314. The molecule has 1 aliphatic carbocycles. The number of rotatable bonds is 11. The highest BCUT2D eigenvalue weighted by Gasteiger charge is 2.34. The molecule has 0 spiro atoms. The van der Waals surface area contributed by atoms with Crippen LogP contribution < -0.4 is 9.62 Å². The maximum absolute atomic E-state index is 14.4. The maximum atomic E-state index is 14.4. The minimum absolute atomic E-state index is 0.0577. The van der Waals surface area contributed by atoms with E-state index in [0.29, 0.717) is 12.1 Å². The average molecular weight is 677 g/mol. The van der Waals surface area contributed by atoms with Gasteiger partial charge in [-0.1, -0.05) is 114 Å². The van der Waals surface area contributed by atoms with Crippen LogP contribution in [0, 0.1) is 0 Å². The third kappa shape index (κ3) is 8.07. The van der Waals surface area contributed by atoms with Crippen LogP contribution in [0.2, 0.25) is 0 Å². The molecule has 1 N–H and O–H groups in total. The lowest BCUT2D eigenvalue weighted by atomic mass is 9.94. The Labute approximate surface area is 268 Å². The Kier molecular flexibility index (Phi) is 10.4. The largest absolute Gasteiger partial charge is 0.352 e. The molecule has 5 rings (SSSR count). The van der Waals surface area contributed by atoms with Crippen LogP contribution >= 0.6 is 15.9 Å². The number of anilines is 1. The maximum Gasteiger partial charge on any atom is 0.244 e. The van der Waals surface area contributed by atoms with Crippen molar-refractivity contribution < 1.29 is 18.0 Å². The van der Waals surface area contributed by atoms with Gasteiger partial charge in [-0.15, -0.1) is 0 Å². The van der Waals surface area contributed by atoms with E-state index in [-0.39, 0.29) is 18.5 Å². The van der Waals surface area contributed by atoms with E-state index in [4.69, 9.17) is 0 Å². The number of hydrogen-bond donors (Lipinski definition) is 1. The quantitative estimate of drug-likeness (QED) is 0.198. The Hall–Kier alpha value is -3.69. The van der Waals surface area contributed by atoms with Gasteiger partial charge in [-0.25, -0.2) is 8.42 Å². The molecular formula is C35H38BrN3O4S. The van der Waals surface area contributed by atoms with Crippen molar-refractivity contribution in [2.24, 2.45) is 0 Å². The van der Waals surface area contributed by atoms with Crippen LogP contribution in [-0.2, 0) is 32.6 Å². The molecule has 9 heteroatoms. The molecule has 4 aromatic carbocycles. The van der Waals surface area contributed by atoms with E-state index >= 15 is 0 Å². The van der Waals surface area contributed by atoms with Gasteiger partial charge in [0.15, 0.2) is 0 Å². The van der Waals surface area contributed by atoms with E-state index < -0.39 is 28.5 Å². The fourth-order valence-corrected chi connectivity index (χ4v) is 7.03. The topological polar surface area (TPSA) is 86.8 Å². The first kappa shape index (κ1) is 31.7. The zero-order valence-electron chi connectivity index (χ0n) is 24.9. The number of fused-ring (bicyclic) bond motifs is 1. The lowest BCUT2D eigenvalue weighted by molar-refractivity contribution is -0.140. The number of hydrogen-bond acceptors (Lipinski definition) is 4. The zero-order chi connectivity index (χ0) is 31.1. The first-order valence-corrected chi connectivity index (χ1v) is 17.7. The molecule has 0 bridgehead atoms. The van der Waals surface area contributed by atoms with Crippen LogP contribution in [0.15, 0.2) is 102 Å². The number of sulfonamides is 1. The molecule has 4 aromatic rings. The monoisotopic (exact) mass is 675 g/mol. The van der Waals surface area contributed by atoms with Gasteiger partial charge in [-0.05, 0) is 47.6 Å². The molecule has 1 fully saturated rings. The van der Waals surface area contributed by atoms with Crippen molar-refractivity contribution in [3.05, 3.63) is 113 Å². The molecule has 1 aliphatic rings. The lowest BCUT2D eigenvalue weighted by Gasteiger charge is -2.35. The molecule has 230 valence electrons. The van der Waals surface area contributed by atoms with Crippen LogP contribution in [-0.4, -0.2) is 50.0 Å². The first-order valence-electron chi connectivity index (χ1n) is 15.0. The predicted molar refractivity (Wildman–Crippen MR) is 180 cm³/mol. The molecule has 0 radical (unpaired) electrons. The summed E-state index contributed by atoms with van der Waals surface area (Å²) in [5.74, 6) is -0.673. The number of nitrogens with zero attached hydrogens (tertiary/aromatic N) is 2. The molecule has 1 atom stereocenters. The summed E-state index contributed by atoms with van der Waals surface area (Å²) < 4.78 is 28.6. The fourth-order valence-electron chi connectivity index (χ4n) is 5.91. The van der Waals surface area contributed by atoms with E-state index in [1.54, 1.807) is 17.0 Å². The summed E-state index contributed by atoms with van der Waals surface area (Å²) in [6.45, 7) is -0.291. The average Bonchev–Trinajstić information content (AvgIpc) is 3.02. The van der Waals surface area contributed by atoms with E-state index in [1.807, 2.05) is 84.9 Å². The molecule has 7 nitrogen and oxygen atoms in total. The Morgan fingerprint density at radius 3 is 2.20 bits per heavy atom. The van der Waals surface area contributed by atoms with Gasteiger partial charge in [0, 0.05) is 28.9 Å². The summed E-state index contributed by atoms with van der Waals surface area (Å²) in [4.78, 5) is 30.1. The van der Waals surface area contributed by atoms with E-state index in [9.17, 15) is 18.0 Å². The number of halogens is 1. The van der Waals surface area contributed by atoms with Crippen molar-refractivity contribution in [1.29, 1.82) is 0 Å². The van der Waals surface area contributed by atoms with Gasteiger partial charge in [0.2, 0.25) is 21.8 Å². The molecule has 2 amide bonds. The van der Waals surface area contributed by atoms with E-state index in [0.717, 1.165) is 69.0 Å². The van der Waals surface area contributed by atoms with Gasteiger partial charge < -0.3 is 10.2 Å². The summed E-state index contributed by atoms with van der Waals surface area (Å²) in [6.07, 6.45) is 6.51. The molecule has 44 heavy (non-hydrogen) atoms. The number of carbonyl (C=O) groups excluding carboxylic acids is 2. The van der Waals surface area contributed by atoms with Gasteiger partial charge >= 0.3 is 0 Å². The SMILES string of the molecule is CS(=O)(=O)N(CC(=O)N(Cc1ccc(Br)cc1)[C@@H](Cc1ccccc1)C(=O)NC1CCCCC1)c1cccc2ccccc12. The molecule has 0 aromatic heterocycles. The standard InChI is InChI=1S/C35H38BrN3O4S/c1-44(42,43)39(32-18-10-14-28-13-8-9-17-31(28)32)25-34(40)38(24-27-19-21-29(36)22-20-27)33(23-26-11-4-2-5-12-26)35(41)37-30-15-6-3-7-16-30/h2,4-5,8-14,17-22,30,33H,3,6-7,15-16,23-25H2,1H3,(H,37,41)/t33-/m0/s1. The zero-order valence-corrected chi connectivity index (χ0v) is 27.3. The van der Waals surface area contributed by atoms with Gasteiger partial charge in [-0.3, -0.25) is 13.9 Å². The van der Waals surface area contributed by atoms with Crippen molar-refractivity contribution in [3.8, 4) is 0 Å². The molecule has 0 unspecified atom stereocenters. The second kappa shape index (κ2) is 14.4. The van der Waals surface area contributed by atoms with E-state index in [2.05, 4.69) is 21.2 Å². The van der Waals surface area contributed by atoms with Crippen LogP contribution in [0.25, 0.3) is 10.8 Å². The van der Waals surface area contributed by atoms with Gasteiger partial charge in [0.25, 0.3) is 0 Å². The van der Waals surface area contributed by atoms with Crippen LogP contribution in [0.3, 0.4) is 0 Å². The number of amides is 2. The highest BCUT2D eigenvalue weighted by Crippen LogP contribution is 2.29. The highest BCUT2D eigenvalue weighted by molar-refractivity contribution is 9.10. The van der Waals surface area contributed by atoms with Crippen molar-refractivity contribution in [2.75, 3.05) is 17.1 Å². The normalized spacial score (nSPS) is 14.6. The molecule has 0 heterocycles. The van der Waals surface area contributed by atoms with Crippen molar-refractivity contribution >= 4 is 54.2 Å². The molecule has 0 saturated heterocycles. The second-order valence-corrected chi connectivity index (χ2v) is 14.3. The minimum Gasteiger partial charge on any atom is -0.352 e. The lowest BCUT2D eigenvalue weighted by Crippen LogP contribution is -2.55. The van der Waals surface area contributed by atoms with Crippen molar-refractivity contribution in [3.63, 3.8) is 0 Å². The van der Waals surface area contributed by atoms with Gasteiger partial charge in [0.05, 0.1) is 11.9 Å². The van der Waals surface area contributed by atoms with Crippen LogP contribution in [0.5, 0.6) is 0 Å². The summed E-state index contributed by atoms with van der Waals surface area (Å²) in [5.41, 5.74) is 2.17. The van der Waals surface area contributed by atoms with E-state index in [1.165, 1.54) is 0 Å². The Morgan fingerprint density at radius 1 is 0.841 bits per heavy atom. The van der Waals surface area contributed by atoms with Crippen molar-refractivity contribution in [1.82, 2.24) is 10.2 Å². The number of carbonyl (C=O) groups is 2. The number of benzene rings is 4. The minimum atomic E-state index is -3.86. The third-order valence-corrected chi connectivity index (χ3v) is 9.86. The van der Waals surface area contributed by atoms with Crippen LogP contribution in [0.4, 0.5) is 5.69 Å². The number of nitrogens with one attached hydrogen (secondary N) is 1. The molecule has 0 aliphatic heterocycles. The van der Waals surface area contributed by atoms with Crippen molar-refractivity contribution in [2.45, 2.75) is 57.2 Å². The smallest absolute Gasteiger partial charge is 0.244 e. The van der Waals surface area contributed by atoms with Crippen LogP contribution in [0.1, 0.15) is 43.2 Å². The summed E-state index contributed by atoms with van der Waals surface area (Å²) >= 11 is 3.47. The predicted octanol–water partition coefficient (Wildman–Crippen LogP) is 6.46. The summed E-state index contributed by atoms with van der Waals surface area (Å²) in [7, 11) is -3.86. The van der Waals surface area contributed by atoms with Gasteiger partial charge in [-0.2, -0.15) is 0 Å². The molecule has 1 saturated carbocycles. The Bertz CT molecular complexity index is 1690. The Balaban J connectivity index is 1.54. The third-order valence-electron chi connectivity index (χ3n) is 8.20. The summed E-state index contributed by atoms with van der Waals surface area (Å²) in [6, 6.07) is 29.4. The Morgan fingerprint density at radius 2 is 1.50 bits per heavy atom. The molecular weight excluding hydrogens is 638 g/mol. The summed E-state index contributed by atoms with van der Waals surface area (Å²) in [5, 5.41) is 4.83. The first-order chi connectivity index (χ1) is 21.2. The van der Waals surface area contributed by atoms with Gasteiger partial charge in [0.1, 0.15) is 12.6 Å². The second-order valence-electron chi connectivity index (χ2n) is 11.5. The highest BCUT2D eigenvalue weighted by atomic mass is 79.9.